The average molecular weight is 1070 g/mol. The molecule has 0 fully saturated rings. The van der Waals surface area contributed by atoms with Crippen LogP contribution in [-0.2, 0) is 0 Å². The van der Waals surface area contributed by atoms with Gasteiger partial charge in [-0.2, -0.15) is 0 Å². The van der Waals surface area contributed by atoms with Gasteiger partial charge in [-0.05, 0) is 200 Å². The van der Waals surface area contributed by atoms with E-state index in [1.807, 2.05) is 39.8 Å². The van der Waals surface area contributed by atoms with Crippen molar-refractivity contribution in [2.24, 2.45) is 0 Å². The first-order valence-corrected chi connectivity index (χ1v) is 28.8. The van der Waals surface area contributed by atoms with E-state index >= 15 is 0 Å². The van der Waals surface area contributed by atoms with E-state index < -0.39 is 0 Å². The number of hydrogen-bond donors (Lipinski definition) is 0. The Bertz CT molecular complexity index is 3710. The number of allylic oxidation sites excluding steroid dienone is 6. The molecule has 0 heterocycles. The van der Waals surface area contributed by atoms with Crippen LogP contribution in [0.25, 0.3) is 33.4 Å². The summed E-state index contributed by atoms with van der Waals surface area (Å²) in [6.45, 7) is 20.3. The Hall–Kier alpha value is -9.90. The molecule has 0 amide bonds. The molecule has 0 N–H and O–H groups in total. The summed E-state index contributed by atoms with van der Waals surface area (Å²) >= 11 is 0. The fourth-order valence-corrected chi connectivity index (χ4v) is 10.3. The molecule has 1 aliphatic rings. The van der Waals surface area contributed by atoms with Crippen molar-refractivity contribution in [2.75, 3.05) is 19.6 Å². The Kier molecular flexibility index (Phi) is 19.3. The van der Waals surface area contributed by atoms with Crippen LogP contribution in [0.4, 0.5) is 56.9 Å². The van der Waals surface area contributed by atoms with Gasteiger partial charge in [-0.1, -0.05) is 204 Å². The molecule has 11 rings (SSSR count). The van der Waals surface area contributed by atoms with Gasteiger partial charge in [0.1, 0.15) is 0 Å². The zero-order valence-electron chi connectivity index (χ0n) is 48.3. The molecule has 4 heteroatoms. The van der Waals surface area contributed by atoms with Crippen molar-refractivity contribution >= 4 is 56.9 Å². The third-order valence-corrected chi connectivity index (χ3v) is 14.4. The summed E-state index contributed by atoms with van der Waals surface area (Å²) in [5, 5.41) is 0. The highest BCUT2D eigenvalue weighted by atomic mass is 15.2. The third kappa shape index (κ3) is 13.2. The molecular formula is C78H74N4. The van der Waals surface area contributed by atoms with Crippen LogP contribution in [0.1, 0.15) is 51.7 Å². The van der Waals surface area contributed by atoms with E-state index in [0.29, 0.717) is 0 Å². The smallest absolute Gasteiger partial charge is 0.0462 e. The third-order valence-electron chi connectivity index (χ3n) is 14.4. The highest BCUT2D eigenvalue weighted by Crippen LogP contribution is 2.41. The maximum Gasteiger partial charge on any atom is 0.0462 e. The van der Waals surface area contributed by atoms with E-state index in [0.717, 1.165) is 109 Å². The second-order valence-electron chi connectivity index (χ2n) is 19.6. The summed E-state index contributed by atoms with van der Waals surface area (Å²) in [5.74, 6) is 0. The van der Waals surface area contributed by atoms with E-state index in [1.54, 1.807) is 6.08 Å². The van der Waals surface area contributed by atoms with E-state index in [2.05, 4.69) is 320 Å². The van der Waals surface area contributed by atoms with Crippen molar-refractivity contribution in [3.05, 3.63) is 327 Å². The number of hydrogen-bond acceptors (Lipinski definition) is 4. The van der Waals surface area contributed by atoms with E-state index in [-0.39, 0.29) is 0 Å². The normalized spacial score (nSPS) is 11.6. The standard InChI is InChI=1S/C74H62N4.2C2H6/c1-5-16-63(6-2)75(67-39-23-55(3)24-40-67)69-43-27-57(28-44-69)58-31-47-71(48-32-58)77(65-19-12-8-13-20-65)73-51-35-61(36-52-73)62-37-53-74(54-38-62)78(66-21-14-9-15-22-66)72-49-33-60(34-50-72)59-29-45-70(46-30-59)76(64-17-10-7-11-18-64)68-41-25-56(4)26-42-68;2*1-2/h5-7,9-12,14-54H,1-2,8,13H2,3-4H3;2*1-2H3/b63-16+;;. The minimum Gasteiger partial charge on any atom is -0.311 e. The van der Waals surface area contributed by atoms with Crippen molar-refractivity contribution in [3.8, 4) is 33.4 Å². The zero-order chi connectivity index (χ0) is 57.2. The van der Waals surface area contributed by atoms with Gasteiger partial charge in [0.15, 0.2) is 0 Å². The molecule has 82 heavy (non-hydrogen) atoms. The van der Waals surface area contributed by atoms with Gasteiger partial charge in [0.25, 0.3) is 0 Å². The first-order valence-electron chi connectivity index (χ1n) is 28.8. The molecule has 10 aromatic rings. The first kappa shape index (κ1) is 56.8. The molecule has 0 aromatic heterocycles. The van der Waals surface area contributed by atoms with Crippen LogP contribution in [0, 0.1) is 13.8 Å². The minimum atomic E-state index is 0.955. The Morgan fingerprint density at radius 1 is 0.329 bits per heavy atom. The molecule has 0 atom stereocenters. The van der Waals surface area contributed by atoms with E-state index in [1.165, 1.54) is 16.8 Å². The Labute approximate surface area is 488 Å². The van der Waals surface area contributed by atoms with Crippen molar-refractivity contribution in [2.45, 2.75) is 54.4 Å². The maximum absolute atomic E-state index is 4.11. The minimum absolute atomic E-state index is 0.955. The van der Waals surface area contributed by atoms with Gasteiger partial charge >= 0.3 is 0 Å². The lowest BCUT2D eigenvalue weighted by atomic mass is 10.0. The molecule has 1 aliphatic carbocycles. The van der Waals surface area contributed by atoms with Gasteiger partial charge in [0, 0.05) is 68.3 Å². The largest absolute Gasteiger partial charge is 0.311 e. The molecule has 406 valence electrons. The maximum atomic E-state index is 4.11. The molecule has 4 nitrogen and oxygen atoms in total. The van der Waals surface area contributed by atoms with Gasteiger partial charge in [0.05, 0.1) is 0 Å². The monoisotopic (exact) mass is 1070 g/mol. The number of nitrogens with zero attached hydrogens (tertiary/aromatic N) is 4. The van der Waals surface area contributed by atoms with Crippen LogP contribution >= 0.6 is 0 Å². The van der Waals surface area contributed by atoms with Crippen molar-refractivity contribution in [1.29, 1.82) is 0 Å². The van der Waals surface area contributed by atoms with Crippen molar-refractivity contribution in [1.82, 2.24) is 0 Å². The molecule has 10 aromatic carbocycles. The van der Waals surface area contributed by atoms with Gasteiger partial charge in [-0.25, -0.2) is 0 Å². The second-order valence-corrected chi connectivity index (χ2v) is 19.6. The molecule has 0 saturated carbocycles. The lowest BCUT2D eigenvalue weighted by Crippen LogP contribution is -2.16. The summed E-state index contributed by atoms with van der Waals surface area (Å²) in [6.07, 6.45) is 14.6. The van der Waals surface area contributed by atoms with E-state index in [4.69, 9.17) is 0 Å². The first-order chi connectivity index (χ1) is 40.4. The number of aryl methyl sites for hydroxylation is 2. The predicted molar refractivity (Wildman–Crippen MR) is 356 cm³/mol. The summed E-state index contributed by atoms with van der Waals surface area (Å²) in [6, 6.07) is 91.8. The number of benzene rings is 10. The molecule has 0 unspecified atom stereocenters. The zero-order valence-corrected chi connectivity index (χ0v) is 48.3. The molecule has 0 radical (unpaired) electrons. The molecule has 0 aliphatic heterocycles. The summed E-state index contributed by atoms with van der Waals surface area (Å²) in [7, 11) is 0. The molecule has 0 saturated heterocycles. The molecule has 0 spiro atoms. The van der Waals surface area contributed by atoms with Crippen LogP contribution in [0.5, 0.6) is 0 Å². The Balaban J connectivity index is 0.00000198. The lowest BCUT2D eigenvalue weighted by Gasteiger charge is -2.28. The van der Waals surface area contributed by atoms with Crippen LogP contribution < -0.4 is 19.6 Å². The van der Waals surface area contributed by atoms with Gasteiger partial charge in [-0.3, -0.25) is 0 Å². The average Bonchev–Trinajstić information content (AvgIpc) is 3.70. The molecule has 0 bridgehead atoms. The van der Waals surface area contributed by atoms with Crippen molar-refractivity contribution in [3.63, 3.8) is 0 Å². The Morgan fingerprint density at radius 3 is 0.902 bits per heavy atom. The number of rotatable bonds is 17. The highest BCUT2D eigenvalue weighted by molar-refractivity contribution is 5.83. The van der Waals surface area contributed by atoms with Crippen LogP contribution in [-0.4, -0.2) is 0 Å². The fraction of sp³-hybridized carbons (Fsp3) is 0.103. The van der Waals surface area contributed by atoms with Gasteiger partial charge in [-0.15, -0.1) is 0 Å². The fourth-order valence-electron chi connectivity index (χ4n) is 10.3. The highest BCUT2D eigenvalue weighted by Gasteiger charge is 2.19. The quantitative estimate of drug-likeness (QED) is 0.0843. The summed E-state index contributed by atoms with van der Waals surface area (Å²) < 4.78 is 0. The van der Waals surface area contributed by atoms with Crippen LogP contribution in [0.3, 0.4) is 0 Å². The second kappa shape index (κ2) is 27.8. The van der Waals surface area contributed by atoms with Gasteiger partial charge in [0.2, 0.25) is 0 Å². The summed E-state index contributed by atoms with van der Waals surface area (Å²) in [4.78, 5) is 9.20. The lowest BCUT2D eigenvalue weighted by molar-refractivity contribution is 0.997. The van der Waals surface area contributed by atoms with Crippen LogP contribution in [0.2, 0.25) is 0 Å². The Morgan fingerprint density at radius 2 is 0.610 bits per heavy atom. The van der Waals surface area contributed by atoms with E-state index in [9.17, 15) is 0 Å². The van der Waals surface area contributed by atoms with Crippen LogP contribution in [0.15, 0.2) is 316 Å². The number of para-hydroxylation sites is 2. The predicted octanol–water partition coefficient (Wildman–Crippen LogP) is 23.1. The van der Waals surface area contributed by atoms with Gasteiger partial charge < -0.3 is 19.6 Å². The SMILES string of the molecule is C=C/C=C(\C=C)N(c1ccc(C)cc1)c1ccc(-c2ccc(N(C3=CCCC=C3)c3ccc(-c4ccc(N(c5ccccc5)c5ccc(-c6ccc(N(c7ccccc7)c7ccc(C)cc7)cc6)cc5)cc4)cc3)cc2)cc1.CC.CC. The summed E-state index contributed by atoms with van der Waals surface area (Å²) in [5.41, 5.74) is 22.5. The topological polar surface area (TPSA) is 13.0 Å². The number of anilines is 10. The van der Waals surface area contributed by atoms with Crippen molar-refractivity contribution < 1.29 is 0 Å². The molecular weight excluding hydrogens is 993 g/mol.